The van der Waals surface area contributed by atoms with Crippen LogP contribution in [0.1, 0.15) is 26.7 Å². The van der Waals surface area contributed by atoms with Crippen molar-refractivity contribution in [1.82, 2.24) is 9.80 Å². The number of rotatable bonds is 4. The van der Waals surface area contributed by atoms with E-state index in [0.29, 0.717) is 18.0 Å². The summed E-state index contributed by atoms with van der Waals surface area (Å²) in [6, 6.07) is 1.20. The van der Waals surface area contributed by atoms with Gasteiger partial charge in [0.1, 0.15) is 0 Å². The van der Waals surface area contributed by atoms with Gasteiger partial charge in [-0.3, -0.25) is 9.80 Å². The summed E-state index contributed by atoms with van der Waals surface area (Å²) in [7, 11) is 0. The zero-order valence-electron chi connectivity index (χ0n) is 12.0. The molecular weight excluding hydrogens is 226 g/mol. The van der Waals surface area contributed by atoms with Gasteiger partial charge in [0.25, 0.3) is 0 Å². The lowest BCUT2D eigenvalue weighted by molar-refractivity contribution is -0.00568. The number of nitrogens with zero attached hydrogens (tertiary/aromatic N) is 2. The number of nitrogens with two attached hydrogens (primary N) is 1. The molecule has 18 heavy (non-hydrogen) atoms. The molecule has 2 heterocycles. The van der Waals surface area contributed by atoms with Gasteiger partial charge in [-0.1, -0.05) is 0 Å². The van der Waals surface area contributed by atoms with E-state index in [4.69, 9.17) is 10.5 Å². The van der Waals surface area contributed by atoms with Gasteiger partial charge < -0.3 is 10.5 Å². The van der Waals surface area contributed by atoms with E-state index in [1.165, 1.54) is 25.9 Å². The van der Waals surface area contributed by atoms with Crippen molar-refractivity contribution in [1.29, 1.82) is 0 Å². The highest BCUT2D eigenvalue weighted by Gasteiger charge is 2.30. The molecule has 2 aliphatic heterocycles. The van der Waals surface area contributed by atoms with Gasteiger partial charge in [0.15, 0.2) is 0 Å². The zero-order chi connectivity index (χ0) is 13.0. The first-order valence-corrected chi connectivity index (χ1v) is 7.48. The van der Waals surface area contributed by atoms with Gasteiger partial charge in [-0.2, -0.15) is 0 Å². The summed E-state index contributed by atoms with van der Waals surface area (Å²) in [6.07, 6.45) is 2.49. The third kappa shape index (κ3) is 3.44. The predicted octanol–water partition coefficient (Wildman–Crippen LogP) is 0.766. The van der Waals surface area contributed by atoms with Crippen molar-refractivity contribution in [3.8, 4) is 0 Å². The number of ether oxygens (including phenoxy) is 1. The Morgan fingerprint density at radius 1 is 1.17 bits per heavy atom. The molecule has 106 valence electrons. The van der Waals surface area contributed by atoms with Crippen LogP contribution in [0.3, 0.4) is 0 Å². The molecule has 0 amide bonds. The second-order valence-corrected chi connectivity index (χ2v) is 5.95. The highest BCUT2D eigenvalue weighted by molar-refractivity contribution is 4.85. The minimum Gasteiger partial charge on any atom is -0.381 e. The van der Waals surface area contributed by atoms with Crippen LogP contribution >= 0.6 is 0 Å². The summed E-state index contributed by atoms with van der Waals surface area (Å²) in [5.74, 6) is 0.648. The van der Waals surface area contributed by atoms with Gasteiger partial charge in [0.05, 0.1) is 6.61 Å². The van der Waals surface area contributed by atoms with Gasteiger partial charge in [-0.25, -0.2) is 0 Å². The average Bonchev–Trinajstić information content (AvgIpc) is 2.41. The van der Waals surface area contributed by atoms with E-state index >= 15 is 0 Å². The standard InChI is InChI=1S/C14H29N3O/c1-12(2)16-5-7-17(8-6-16)14(10-15)13-4-3-9-18-11-13/h12-14H,3-11,15H2,1-2H3. The van der Waals surface area contributed by atoms with Crippen molar-refractivity contribution < 1.29 is 4.74 Å². The fraction of sp³-hybridized carbons (Fsp3) is 1.00. The minimum absolute atomic E-state index is 0.527. The summed E-state index contributed by atoms with van der Waals surface area (Å²) in [4.78, 5) is 5.15. The first-order valence-electron chi connectivity index (χ1n) is 7.48. The summed E-state index contributed by atoms with van der Waals surface area (Å²) in [5.41, 5.74) is 6.02. The Labute approximate surface area is 111 Å². The molecule has 0 radical (unpaired) electrons. The Balaban J connectivity index is 1.85. The maximum atomic E-state index is 6.02. The van der Waals surface area contributed by atoms with Crippen LogP contribution in [0.25, 0.3) is 0 Å². The van der Waals surface area contributed by atoms with Crippen molar-refractivity contribution in [2.24, 2.45) is 11.7 Å². The molecule has 0 aromatic carbocycles. The third-order valence-electron chi connectivity index (χ3n) is 4.53. The zero-order valence-corrected chi connectivity index (χ0v) is 12.0. The van der Waals surface area contributed by atoms with Crippen LogP contribution in [0.15, 0.2) is 0 Å². The molecule has 2 atom stereocenters. The van der Waals surface area contributed by atoms with E-state index in [1.54, 1.807) is 0 Å². The van der Waals surface area contributed by atoms with Gasteiger partial charge in [0.2, 0.25) is 0 Å². The highest BCUT2D eigenvalue weighted by Crippen LogP contribution is 2.22. The van der Waals surface area contributed by atoms with Crippen LogP contribution in [0.4, 0.5) is 0 Å². The van der Waals surface area contributed by atoms with Crippen molar-refractivity contribution in [2.45, 2.75) is 38.8 Å². The quantitative estimate of drug-likeness (QED) is 0.805. The van der Waals surface area contributed by atoms with Crippen LogP contribution in [-0.4, -0.2) is 67.8 Å². The Hall–Kier alpha value is -0.160. The molecule has 4 heteroatoms. The topological polar surface area (TPSA) is 41.7 Å². The molecular formula is C14H29N3O. The second kappa shape index (κ2) is 6.85. The summed E-state index contributed by atoms with van der Waals surface area (Å²) >= 11 is 0. The minimum atomic E-state index is 0.527. The van der Waals surface area contributed by atoms with Gasteiger partial charge in [-0.05, 0) is 32.6 Å². The van der Waals surface area contributed by atoms with Gasteiger partial charge in [0, 0.05) is 51.4 Å². The lowest BCUT2D eigenvalue weighted by Crippen LogP contribution is -2.56. The lowest BCUT2D eigenvalue weighted by Gasteiger charge is -2.43. The molecule has 2 unspecified atom stereocenters. The molecule has 2 rings (SSSR count). The van der Waals surface area contributed by atoms with Crippen LogP contribution < -0.4 is 5.73 Å². The van der Waals surface area contributed by atoms with Crippen molar-refractivity contribution in [2.75, 3.05) is 45.9 Å². The van der Waals surface area contributed by atoms with E-state index < -0.39 is 0 Å². The monoisotopic (exact) mass is 255 g/mol. The van der Waals surface area contributed by atoms with E-state index in [-0.39, 0.29) is 0 Å². The molecule has 0 spiro atoms. The smallest absolute Gasteiger partial charge is 0.0509 e. The lowest BCUT2D eigenvalue weighted by atomic mass is 9.92. The van der Waals surface area contributed by atoms with Crippen molar-refractivity contribution in [3.63, 3.8) is 0 Å². The molecule has 0 bridgehead atoms. The van der Waals surface area contributed by atoms with Crippen molar-refractivity contribution >= 4 is 0 Å². The van der Waals surface area contributed by atoms with Crippen LogP contribution in [0, 0.1) is 5.92 Å². The van der Waals surface area contributed by atoms with E-state index in [2.05, 4.69) is 23.6 Å². The largest absolute Gasteiger partial charge is 0.381 e. The number of piperazine rings is 1. The first kappa shape index (κ1) is 14.3. The first-order chi connectivity index (χ1) is 8.72. The molecule has 0 aliphatic carbocycles. The normalized spacial score (nSPS) is 29.7. The fourth-order valence-corrected chi connectivity index (χ4v) is 3.29. The Morgan fingerprint density at radius 3 is 2.33 bits per heavy atom. The average molecular weight is 255 g/mol. The summed E-state index contributed by atoms with van der Waals surface area (Å²) < 4.78 is 5.62. The predicted molar refractivity (Wildman–Crippen MR) is 74.7 cm³/mol. The molecule has 0 saturated carbocycles. The third-order valence-corrected chi connectivity index (χ3v) is 4.53. The molecule has 2 saturated heterocycles. The van der Waals surface area contributed by atoms with Crippen molar-refractivity contribution in [3.05, 3.63) is 0 Å². The number of hydrogen-bond acceptors (Lipinski definition) is 4. The fourth-order valence-electron chi connectivity index (χ4n) is 3.29. The molecule has 0 aromatic rings. The maximum absolute atomic E-state index is 6.02. The molecule has 0 aromatic heterocycles. The van der Waals surface area contributed by atoms with E-state index in [1.807, 2.05) is 0 Å². The summed E-state index contributed by atoms with van der Waals surface area (Å²) in [6.45, 7) is 11.9. The highest BCUT2D eigenvalue weighted by atomic mass is 16.5. The van der Waals surface area contributed by atoms with Crippen LogP contribution in [0.2, 0.25) is 0 Å². The van der Waals surface area contributed by atoms with Crippen LogP contribution in [0.5, 0.6) is 0 Å². The number of hydrogen-bond donors (Lipinski definition) is 1. The molecule has 4 nitrogen and oxygen atoms in total. The van der Waals surface area contributed by atoms with Gasteiger partial charge >= 0.3 is 0 Å². The maximum Gasteiger partial charge on any atom is 0.0509 e. The second-order valence-electron chi connectivity index (χ2n) is 5.95. The van der Waals surface area contributed by atoms with E-state index in [9.17, 15) is 0 Å². The van der Waals surface area contributed by atoms with Gasteiger partial charge in [-0.15, -0.1) is 0 Å². The summed E-state index contributed by atoms with van der Waals surface area (Å²) in [5, 5.41) is 0. The Kier molecular flexibility index (Phi) is 5.42. The SMILES string of the molecule is CC(C)N1CCN(C(CN)C2CCCOC2)CC1. The van der Waals surface area contributed by atoms with Crippen LogP contribution in [-0.2, 0) is 4.74 Å². The molecule has 2 aliphatic rings. The Morgan fingerprint density at radius 2 is 1.83 bits per heavy atom. The van der Waals surface area contributed by atoms with E-state index in [0.717, 1.165) is 32.8 Å². The molecule has 2 N–H and O–H groups in total. The Bertz CT molecular complexity index is 233. The molecule has 2 fully saturated rings.